The van der Waals surface area contributed by atoms with Crippen LogP contribution in [0.1, 0.15) is 40.0 Å². The van der Waals surface area contributed by atoms with Crippen molar-refractivity contribution in [1.82, 2.24) is 0 Å². The molecule has 0 aromatic heterocycles. The van der Waals surface area contributed by atoms with Crippen LogP contribution >= 0.6 is 10.3 Å². The van der Waals surface area contributed by atoms with Gasteiger partial charge in [0.2, 0.25) is 0 Å². The fourth-order valence-electron chi connectivity index (χ4n) is 4.55. The Morgan fingerprint density at radius 1 is 1.27 bits per heavy atom. The summed E-state index contributed by atoms with van der Waals surface area (Å²) in [7, 11) is -6.01. The van der Waals surface area contributed by atoms with Crippen LogP contribution in [0.2, 0.25) is 0 Å². The molecule has 8 heteroatoms. The molecule has 0 heterocycles. The molecule has 0 amide bonds. The van der Waals surface area contributed by atoms with Crippen LogP contribution in [0.5, 0.6) is 0 Å². The summed E-state index contributed by atoms with van der Waals surface area (Å²) in [5, 5.41) is 17.9. The lowest BCUT2D eigenvalue weighted by molar-refractivity contribution is -0.128. The average Bonchev–Trinajstić information content (AvgIpc) is 2.80. The maximum atomic E-state index is 12.8. The zero-order valence-electron chi connectivity index (χ0n) is 16.0. The van der Waals surface area contributed by atoms with Gasteiger partial charge < -0.3 is 0 Å². The summed E-state index contributed by atoms with van der Waals surface area (Å²) in [4.78, 5) is 12.6. The third-order valence-corrected chi connectivity index (χ3v) is 10.3. The third kappa shape index (κ3) is 3.55. The average molecular weight is 399 g/mol. The highest BCUT2D eigenvalue weighted by Gasteiger charge is 2.65. The van der Waals surface area contributed by atoms with Crippen LogP contribution in [0.3, 0.4) is 0 Å². The summed E-state index contributed by atoms with van der Waals surface area (Å²) < 4.78 is 31.2. The van der Waals surface area contributed by atoms with E-state index in [9.17, 15) is 13.2 Å². The second-order valence-corrected chi connectivity index (χ2v) is 13.5. The van der Waals surface area contributed by atoms with Crippen molar-refractivity contribution >= 4 is 26.2 Å². The third-order valence-electron chi connectivity index (χ3n) is 6.06. The summed E-state index contributed by atoms with van der Waals surface area (Å²) in [5.74, 6) is 0.205. The predicted octanol–water partition coefficient (Wildman–Crippen LogP) is 3.07. The highest BCUT2D eigenvalue weighted by molar-refractivity contribution is 8.32. The Labute approximate surface area is 157 Å². The Morgan fingerprint density at radius 3 is 2.27 bits per heavy atom. The van der Waals surface area contributed by atoms with Crippen molar-refractivity contribution in [3.63, 3.8) is 0 Å². The first-order chi connectivity index (χ1) is 11.8. The molecule has 2 aliphatic carbocycles. The number of rotatable bonds is 6. The van der Waals surface area contributed by atoms with Gasteiger partial charge in [0.15, 0.2) is 0 Å². The van der Waals surface area contributed by atoms with E-state index in [0.29, 0.717) is 18.4 Å². The molecule has 0 aromatic carbocycles. The van der Waals surface area contributed by atoms with E-state index < -0.39 is 25.8 Å². The summed E-state index contributed by atoms with van der Waals surface area (Å²) >= 11 is 0. The molecule has 0 N–H and O–H groups in total. The molecule has 2 saturated carbocycles. The molecule has 2 unspecified atom stereocenters. The van der Waals surface area contributed by atoms with E-state index in [4.69, 9.17) is 14.2 Å². The molecule has 6 nitrogen and oxygen atoms in total. The molecule has 0 radical (unpaired) electrons. The Morgan fingerprint density at radius 2 is 1.85 bits per heavy atom. The van der Waals surface area contributed by atoms with Crippen LogP contribution in [0.25, 0.3) is 0 Å². The van der Waals surface area contributed by atoms with Crippen molar-refractivity contribution in [3.05, 3.63) is 11.1 Å². The lowest BCUT2D eigenvalue weighted by Gasteiger charge is -2.37. The maximum Gasteiger partial charge on any atom is 0.277 e. The number of nitriles is 2. The largest absolute Gasteiger partial charge is 0.299 e. The highest BCUT2D eigenvalue weighted by atomic mass is 32.3. The number of carbonyl (C=O) groups is 1. The molecule has 2 atom stereocenters. The van der Waals surface area contributed by atoms with Crippen LogP contribution in [-0.2, 0) is 18.5 Å². The van der Waals surface area contributed by atoms with Crippen LogP contribution in [-0.4, -0.2) is 38.2 Å². The van der Waals surface area contributed by atoms with Crippen molar-refractivity contribution in [2.24, 2.45) is 16.7 Å². The molecule has 0 saturated heterocycles. The first-order valence-electron chi connectivity index (χ1n) is 8.48. The lowest BCUT2D eigenvalue weighted by atomic mass is 9.70. The number of hydrogen-bond acceptors (Lipinski definition) is 6. The zero-order valence-corrected chi connectivity index (χ0v) is 17.6. The molecule has 26 heavy (non-hydrogen) atoms. The number of allylic oxidation sites excluding steroid dienone is 1. The molecule has 2 fully saturated rings. The van der Waals surface area contributed by atoms with Gasteiger partial charge in [-0.25, -0.2) is 3.63 Å². The van der Waals surface area contributed by atoms with Gasteiger partial charge in [-0.2, -0.15) is 18.9 Å². The van der Waals surface area contributed by atoms with E-state index in [1.165, 1.54) is 0 Å². The number of hydrogen-bond donors (Lipinski definition) is 0. The standard InChI is InChI=1S/C18H26N2O4S2/c1-13(14(9-19)10-20)11-25(4,5)24-26(22,23)12-18-7-6-15(8-16(18)21)17(18,2)3/h15H,6-8,11-12H2,1-5H3. The van der Waals surface area contributed by atoms with Gasteiger partial charge in [-0.15, -0.1) is 10.3 Å². The normalized spacial score (nSPS) is 27.7. The van der Waals surface area contributed by atoms with Crippen molar-refractivity contribution in [3.8, 4) is 12.1 Å². The molecule has 144 valence electrons. The second kappa shape index (κ2) is 6.67. The molecule has 0 aromatic rings. The minimum Gasteiger partial charge on any atom is -0.299 e. The van der Waals surface area contributed by atoms with Crippen molar-refractivity contribution < 1.29 is 16.8 Å². The van der Waals surface area contributed by atoms with Gasteiger partial charge in [-0.3, -0.25) is 4.79 Å². The molecule has 2 rings (SSSR count). The van der Waals surface area contributed by atoms with Gasteiger partial charge in [0.1, 0.15) is 23.5 Å². The van der Waals surface area contributed by atoms with Crippen molar-refractivity contribution in [2.45, 2.75) is 40.0 Å². The number of nitrogens with zero attached hydrogens (tertiary/aromatic N) is 2. The summed E-state index contributed by atoms with van der Waals surface area (Å²) in [6, 6.07) is 3.63. The first-order valence-corrected chi connectivity index (χ1v) is 12.6. The molecule has 2 aliphatic rings. The lowest BCUT2D eigenvalue weighted by Crippen LogP contribution is -2.42. The minimum absolute atomic E-state index is 0.0177. The zero-order chi connectivity index (χ0) is 20.0. The van der Waals surface area contributed by atoms with E-state index in [-0.39, 0.29) is 34.2 Å². The van der Waals surface area contributed by atoms with Crippen LogP contribution in [0.4, 0.5) is 0 Å². The fourth-order valence-corrected chi connectivity index (χ4v) is 9.65. The molecule has 0 aliphatic heterocycles. The Balaban J connectivity index is 2.22. The molecule has 0 spiro atoms. The summed E-state index contributed by atoms with van der Waals surface area (Å²) in [6.07, 6.45) is 5.30. The van der Waals surface area contributed by atoms with E-state index in [2.05, 4.69) is 0 Å². The van der Waals surface area contributed by atoms with Gasteiger partial charge in [0.05, 0.1) is 11.2 Å². The van der Waals surface area contributed by atoms with Crippen molar-refractivity contribution in [2.75, 3.05) is 24.0 Å². The highest BCUT2D eigenvalue weighted by Crippen LogP contribution is 2.64. The number of carbonyl (C=O) groups excluding carboxylic acids is 1. The Bertz CT molecular complexity index is 827. The fraction of sp³-hybridized carbons (Fsp3) is 0.722. The number of ketones is 1. The molecular formula is C18H26N2O4S2. The molecular weight excluding hydrogens is 372 g/mol. The maximum absolute atomic E-state index is 12.8. The topological polar surface area (TPSA) is 108 Å². The van der Waals surface area contributed by atoms with E-state index in [0.717, 1.165) is 6.42 Å². The Kier molecular flexibility index (Phi) is 5.38. The number of Topliss-reactive ketones (excluding diaryl/α,β-unsaturated/α-hetero) is 1. The minimum atomic E-state index is -3.93. The smallest absolute Gasteiger partial charge is 0.277 e. The van der Waals surface area contributed by atoms with E-state index in [1.807, 2.05) is 26.0 Å². The predicted molar refractivity (Wildman–Crippen MR) is 102 cm³/mol. The van der Waals surface area contributed by atoms with Crippen LogP contribution < -0.4 is 0 Å². The van der Waals surface area contributed by atoms with E-state index >= 15 is 0 Å². The quantitative estimate of drug-likeness (QED) is 0.636. The second-order valence-electron chi connectivity index (χ2n) is 8.40. The van der Waals surface area contributed by atoms with Crippen molar-refractivity contribution in [1.29, 1.82) is 10.5 Å². The summed E-state index contributed by atoms with van der Waals surface area (Å²) in [6.45, 7) is 5.61. The SMILES string of the molecule is CC(CS(C)(C)OS(=O)(=O)CC12CCC(CC1=O)C2(C)C)=C(C#N)C#N. The summed E-state index contributed by atoms with van der Waals surface area (Å²) in [5.41, 5.74) is -0.705. The van der Waals surface area contributed by atoms with Gasteiger partial charge >= 0.3 is 0 Å². The van der Waals surface area contributed by atoms with Gasteiger partial charge in [-0.05, 0) is 49.2 Å². The van der Waals surface area contributed by atoms with Gasteiger partial charge in [0.25, 0.3) is 10.1 Å². The van der Waals surface area contributed by atoms with E-state index in [1.54, 1.807) is 19.4 Å². The molecule has 2 bridgehead atoms. The number of fused-ring (bicyclic) bond motifs is 2. The van der Waals surface area contributed by atoms with Crippen LogP contribution in [0.15, 0.2) is 11.1 Å². The van der Waals surface area contributed by atoms with Crippen LogP contribution in [0, 0.1) is 39.4 Å². The Hall–Kier alpha value is -1.35. The monoisotopic (exact) mass is 398 g/mol. The van der Waals surface area contributed by atoms with Gasteiger partial charge in [-0.1, -0.05) is 13.8 Å². The first kappa shape index (κ1) is 21.0. The van der Waals surface area contributed by atoms with Gasteiger partial charge in [0, 0.05) is 12.2 Å².